The molecule has 1 heterocycles. The van der Waals surface area contributed by atoms with Crippen LogP contribution in [0.5, 0.6) is 0 Å². The van der Waals surface area contributed by atoms with Crippen molar-refractivity contribution in [2.24, 2.45) is 5.92 Å². The van der Waals surface area contributed by atoms with Gasteiger partial charge in [-0.2, -0.15) is 0 Å². The van der Waals surface area contributed by atoms with Crippen molar-refractivity contribution in [3.63, 3.8) is 0 Å². The molecule has 0 radical (unpaired) electrons. The first-order valence-electron chi connectivity index (χ1n) is 5.70. The number of hydrogen-bond acceptors (Lipinski definition) is 3. The Morgan fingerprint density at radius 3 is 2.22 bits per heavy atom. The highest BCUT2D eigenvalue weighted by Gasteiger charge is 2.34. The number of benzene rings is 1. The van der Waals surface area contributed by atoms with Gasteiger partial charge >= 0.3 is 5.97 Å². The smallest absolute Gasteiger partial charge is 0.303 e. The fourth-order valence-corrected chi connectivity index (χ4v) is 2.14. The molecule has 94 valence electrons. The number of imide groups is 1. The van der Waals surface area contributed by atoms with E-state index in [0.717, 1.165) is 4.90 Å². The summed E-state index contributed by atoms with van der Waals surface area (Å²) in [6.07, 6.45) is 0.0694. The van der Waals surface area contributed by atoms with E-state index in [0.29, 0.717) is 5.69 Å². The molecule has 0 spiro atoms. The van der Waals surface area contributed by atoms with E-state index in [1.807, 2.05) is 0 Å². The fraction of sp³-hybridized carbons (Fsp3) is 0.308. The van der Waals surface area contributed by atoms with Gasteiger partial charge < -0.3 is 5.11 Å². The lowest BCUT2D eigenvalue weighted by atomic mass is 9.92. The molecule has 1 aromatic rings. The highest BCUT2D eigenvalue weighted by atomic mass is 16.4. The molecular weight excluding hydrogens is 234 g/mol. The van der Waals surface area contributed by atoms with Crippen molar-refractivity contribution in [1.82, 2.24) is 0 Å². The van der Waals surface area contributed by atoms with Crippen LogP contribution in [-0.4, -0.2) is 22.9 Å². The van der Waals surface area contributed by atoms with Crippen LogP contribution in [0.25, 0.3) is 0 Å². The first-order chi connectivity index (χ1) is 8.58. The summed E-state index contributed by atoms with van der Waals surface area (Å²) >= 11 is 0. The number of anilines is 1. The van der Waals surface area contributed by atoms with Gasteiger partial charge in [0.15, 0.2) is 0 Å². The standard InChI is InChI=1S/C13H13NO4/c15-11-6-9(8-13(17)18)7-12(16)14(11)10-4-2-1-3-5-10/h1-5,9H,6-8H2,(H,17,18). The molecule has 0 atom stereocenters. The summed E-state index contributed by atoms with van der Waals surface area (Å²) in [5.74, 6) is -2.02. The van der Waals surface area contributed by atoms with Gasteiger partial charge in [0, 0.05) is 19.3 Å². The highest BCUT2D eigenvalue weighted by molar-refractivity contribution is 6.16. The van der Waals surface area contributed by atoms with Gasteiger partial charge in [0.1, 0.15) is 0 Å². The molecule has 5 nitrogen and oxygen atoms in total. The van der Waals surface area contributed by atoms with Crippen molar-refractivity contribution in [2.45, 2.75) is 19.3 Å². The first kappa shape index (κ1) is 12.3. The molecule has 1 aromatic carbocycles. The van der Waals surface area contributed by atoms with Crippen LogP contribution in [0.15, 0.2) is 30.3 Å². The lowest BCUT2D eigenvalue weighted by Gasteiger charge is -2.29. The second kappa shape index (κ2) is 5.00. The third kappa shape index (κ3) is 2.56. The number of carboxylic acid groups (broad SMARTS) is 1. The molecule has 1 saturated heterocycles. The van der Waals surface area contributed by atoms with E-state index >= 15 is 0 Å². The van der Waals surface area contributed by atoms with Crippen LogP contribution in [0.2, 0.25) is 0 Å². The zero-order valence-electron chi connectivity index (χ0n) is 9.70. The Kier molecular flexibility index (Phi) is 3.41. The first-order valence-corrected chi connectivity index (χ1v) is 5.70. The number of amides is 2. The van der Waals surface area contributed by atoms with Crippen LogP contribution in [-0.2, 0) is 14.4 Å². The van der Waals surface area contributed by atoms with Gasteiger partial charge in [-0.25, -0.2) is 0 Å². The highest BCUT2D eigenvalue weighted by Crippen LogP contribution is 2.26. The van der Waals surface area contributed by atoms with E-state index in [4.69, 9.17) is 5.11 Å². The molecule has 5 heteroatoms. The lowest BCUT2D eigenvalue weighted by molar-refractivity contribution is -0.139. The summed E-state index contributed by atoms with van der Waals surface area (Å²) in [7, 11) is 0. The number of nitrogens with zero attached hydrogens (tertiary/aromatic N) is 1. The van der Waals surface area contributed by atoms with Gasteiger partial charge in [-0.15, -0.1) is 0 Å². The summed E-state index contributed by atoms with van der Waals surface area (Å²) in [6.45, 7) is 0. The average molecular weight is 247 g/mol. The van der Waals surface area contributed by atoms with Crippen molar-refractivity contribution in [1.29, 1.82) is 0 Å². The molecule has 0 unspecified atom stereocenters. The molecule has 0 aliphatic carbocycles. The number of carbonyl (C=O) groups excluding carboxylic acids is 2. The number of carbonyl (C=O) groups is 3. The minimum Gasteiger partial charge on any atom is -0.481 e. The summed E-state index contributed by atoms with van der Waals surface area (Å²) in [5, 5.41) is 8.68. The topological polar surface area (TPSA) is 74.7 Å². The Bertz CT molecular complexity index is 465. The van der Waals surface area contributed by atoms with Gasteiger partial charge in [0.05, 0.1) is 5.69 Å². The predicted molar refractivity (Wildman–Crippen MR) is 63.9 cm³/mol. The fourth-order valence-electron chi connectivity index (χ4n) is 2.14. The van der Waals surface area contributed by atoms with Gasteiger partial charge in [-0.05, 0) is 18.1 Å². The Morgan fingerprint density at radius 1 is 1.17 bits per heavy atom. The number of hydrogen-bond donors (Lipinski definition) is 1. The van der Waals surface area contributed by atoms with E-state index in [1.165, 1.54) is 0 Å². The maximum Gasteiger partial charge on any atom is 0.303 e. The molecule has 1 N–H and O–H groups in total. The van der Waals surface area contributed by atoms with E-state index in [9.17, 15) is 14.4 Å². The lowest BCUT2D eigenvalue weighted by Crippen LogP contribution is -2.43. The third-order valence-corrected chi connectivity index (χ3v) is 2.90. The zero-order chi connectivity index (χ0) is 13.1. The van der Waals surface area contributed by atoms with Gasteiger partial charge in [-0.1, -0.05) is 18.2 Å². The van der Waals surface area contributed by atoms with Gasteiger partial charge in [0.2, 0.25) is 11.8 Å². The third-order valence-electron chi connectivity index (χ3n) is 2.90. The van der Waals surface area contributed by atoms with Crippen molar-refractivity contribution >= 4 is 23.5 Å². The molecule has 1 aliphatic rings. The van der Waals surface area contributed by atoms with E-state index in [2.05, 4.69) is 0 Å². The minimum atomic E-state index is -0.978. The van der Waals surface area contributed by atoms with Crippen LogP contribution in [0.3, 0.4) is 0 Å². The second-order valence-corrected chi connectivity index (χ2v) is 4.33. The average Bonchev–Trinajstić information content (AvgIpc) is 2.28. The summed E-state index contributed by atoms with van der Waals surface area (Å²) < 4.78 is 0. The Labute approximate surface area is 104 Å². The predicted octanol–water partition coefficient (Wildman–Crippen LogP) is 1.43. The summed E-state index contributed by atoms with van der Waals surface area (Å²) in [4.78, 5) is 35.6. The van der Waals surface area contributed by atoms with E-state index in [-0.39, 0.29) is 37.0 Å². The second-order valence-electron chi connectivity index (χ2n) is 4.33. The van der Waals surface area contributed by atoms with Crippen LogP contribution in [0, 0.1) is 5.92 Å². The number of piperidine rings is 1. The maximum absolute atomic E-state index is 11.9. The van der Waals surface area contributed by atoms with Crippen LogP contribution < -0.4 is 4.90 Å². The van der Waals surface area contributed by atoms with E-state index in [1.54, 1.807) is 30.3 Å². The molecule has 2 rings (SSSR count). The van der Waals surface area contributed by atoms with Crippen LogP contribution >= 0.6 is 0 Å². The molecule has 1 fully saturated rings. The van der Waals surface area contributed by atoms with E-state index < -0.39 is 5.97 Å². The number of aliphatic carboxylic acids is 1. The zero-order valence-corrected chi connectivity index (χ0v) is 9.70. The van der Waals surface area contributed by atoms with Crippen LogP contribution in [0.4, 0.5) is 5.69 Å². The van der Waals surface area contributed by atoms with Gasteiger partial charge in [-0.3, -0.25) is 19.3 Å². The minimum absolute atomic E-state index is 0.104. The quantitative estimate of drug-likeness (QED) is 0.820. The van der Waals surface area contributed by atoms with Gasteiger partial charge in [0.25, 0.3) is 0 Å². The number of carboxylic acids is 1. The normalized spacial score (nSPS) is 17.0. The van der Waals surface area contributed by atoms with Crippen molar-refractivity contribution in [3.05, 3.63) is 30.3 Å². The van der Waals surface area contributed by atoms with Crippen LogP contribution in [0.1, 0.15) is 19.3 Å². The molecule has 18 heavy (non-hydrogen) atoms. The van der Waals surface area contributed by atoms with Crippen molar-refractivity contribution < 1.29 is 19.5 Å². The monoisotopic (exact) mass is 247 g/mol. The van der Waals surface area contributed by atoms with Crippen molar-refractivity contribution in [3.8, 4) is 0 Å². The maximum atomic E-state index is 11.9. The number of para-hydroxylation sites is 1. The SMILES string of the molecule is O=C(O)CC1CC(=O)N(c2ccccc2)C(=O)C1. The molecule has 1 aliphatic heterocycles. The Hall–Kier alpha value is -2.17. The summed E-state index contributed by atoms with van der Waals surface area (Å²) in [5.41, 5.74) is 0.543. The molecule has 0 aromatic heterocycles. The number of rotatable bonds is 3. The molecular formula is C13H13NO4. The summed E-state index contributed by atoms with van der Waals surface area (Å²) in [6, 6.07) is 8.68. The Morgan fingerprint density at radius 2 is 1.72 bits per heavy atom. The Balaban J connectivity index is 2.15. The molecule has 2 amide bonds. The largest absolute Gasteiger partial charge is 0.481 e. The molecule has 0 saturated carbocycles. The molecule has 0 bridgehead atoms. The van der Waals surface area contributed by atoms with Crippen molar-refractivity contribution in [2.75, 3.05) is 4.90 Å².